The smallest absolute Gasteiger partial charge is 0.312 e. The van der Waals surface area contributed by atoms with Gasteiger partial charge in [-0.2, -0.15) is 8.42 Å². The molecule has 0 aromatic heterocycles. The average molecular weight is 214 g/mol. The van der Waals surface area contributed by atoms with Crippen molar-refractivity contribution in [1.82, 2.24) is 0 Å². The van der Waals surface area contributed by atoms with E-state index in [-0.39, 0.29) is 5.75 Å². The lowest BCUT2D eigenvalue weighted by Crippen LogP contribution is -2.38. The van der Waals surface area contributed by atoms with Gasteiger partial charge in [0.2, 0.25) is 0 Å². The third kappa shape index (κ3) is 1.49. The molecule has 0 bridgehead atoms. The summed E-state index contributed by atoms with van der Waals surface area (Å²) in [5.41, 5.74) is -0.858. The Morgan fingerprint density at radius 1 is 1.43 bits per heavy atom. The molecule has 1 N–H and O–H groups in total. The zero-order valence-electron chi connectivity index (χ0n) is 7.60. The lowest BCUT2D eigenvalue weighted by atomic mass is 9.97. The maximum atomic E-state index is 11.2. The number of aliphatic hydroxyl groups is 1. The fourth-order valence-corrected chi connectivity index (χ4v) is 2.89. The van der Waals surface area contributed by atoms with Crippen LogP contribution < -0.4 is 4.18 Å². The van der Waals surface area contributed by atoms with E-state index in [4.69, 9.17) is 4.18 Å². The topological polar surface area (TPSA) is 63.6 Å². The van der Waals surface area contributed by atoms with Crippen LogP contribution in [0.2, 0.25) is 0 Å². The van der Waals surface area contributed by atoms with E-state index in [9.17, 15) is 13.5 Å². The fraction of sp³-hybridized carbons (Fsp3) is 0.333. The Bertz CT molecular complexity index is 461. The summed E-state index contributed by atoms with van der Waals surface area (Å²) in [6.07, 6.45) is 0. The summed E-state index contributed by atoms with van der Waals surface area (Å²) in [5, 5.41) is 9.90. The number of para-hydroxylation sites is 1. The second-order valence-electron chi connectivity index (χ2n) is 3.56. The minimum atomic E-state index is -3.65. The molecule has 2 rings (SSSR count). The summed E-state index contributed by atoms with van der Waals surface area (Å²) < 4.78 is 27.3. The van der Waals surface area contributed by atoms with Crippen LogP contribution in [-0.2, 0) is 15.7 Å². The van der Waals surface area contributed by atoms with Crippen LogP contribution in [0.25, 0.3) is 0 Å². The van der Waals surface area contributed by atoms with Gasteiger partial charge in [0.1, 0.15) is 17.1 Å². The molecule has 76 valence electrons. The Labute approximate surface area is 82.3 Å². The van der Waals surface area contributed by atoms with E-state index >= 15 is 0 Å². The first-order valence-corrected chi connectivity index (χ1v) is 5.72. The quantitative estimate of drug-likeness (QED) is 0.643. The highest BCUT2D eigenvalue weighted by Gasteiger charge is 2.38. The van der Waals surface area contributed by atoms with Gasteiger partial charge in [-0.1, -0.05) is 18.2 Å². The van der Waals surface area contributed by atoms with Crippen molar-refractivity contribution in [3.05, 3.63) is 29.8 Å². The Hall–Kier alpha value is -1.07. The van der Waals surface area contributed by atoms with Crippen LogP contribution in [0.4, 0.5) is 0 Å². The van der Waals surface area contributed by atoms with Gasteiger partial charge in [-0.15, -0.1) is 0 Å². The van der Waals surface area contributed by atoms with Crippen LogP contribution >= 0.6 is 0 Å². The molecule has 1 heterocycles. The molecule has 0 saturated heterocycles. The van der Waals surface area contributed by atoms with E-state index in [1.165, 1.54) is 13.0 Å². The van der Waals surface area contributed by atoms with E-state index in [1.54, 1.807) is 18.2 Å². The first-order valence-electron chi connectivity index (χ1n) is 4.15. The van der Waals surface area contributed by atoms with Gasteiger partial charge >= 0.3 is 10.1 Å². The first-order chi connectivity index (χ1) is 6.41. The Kier molecular flexibility index (Phi) is 1.84. The van der Waals surface area contributed by atoms with Gasteiger partial charge in [-0.25, -0.2) is 0 Å². The van der Waals surface area contributed by atoms with Crippen LogP contribution in [0.15, 0.2) is 24.3 Å². The first kappa shape index (κ1) is 9.48. The normalized spacial score (nSPS) is 29.0. The molecular formula is C9H10O4S. The number of benzene rings is 1. The van der Waals surface area contributed by atoms with Gasteiger partial charge in [-0.05, 0) is 13.0 Å². The Balaban J connectivity index is 2.64. The number of hydrogen-bond donors (Lipinski definition) is 1. The molecule has 4 nitrogen and oxygen atoms in total. The van der Waals surface area contributed by atoms with Crippen LogP contribution in [0, 0.1) is 0 Å². The second-order valence-corrected chi connectivity index (χ2v) is 5.13. The molecule has 0 spiro atoms. The second kappa shape index (κ2) is 2.71. The monoisotopic (exact) mass is 214 g/mol. The van der Waals surface area contributed by atoms with E-state index < -0.39 is 21.5 Å². The number of fused-ring (bicyclic) bond motifs is 1. The van der Waals surface area contributed by atoms with E-state index in [2.05, 4.69) is 0 Å². The maximum absolute atomic E-state index is 11.2. The molecule has 0 aliphatic carbocycles. The van der Waals surface area contributed by atoms with Crippen molar-refractivity contribution in [3.63, 3.8) is 0 Å². The SMILES string of the molecule is CC1(O)CS(=O)(=O)Oc2ccccc21. The highest BCUT2D eigenvalue weighted by atomic mass is 32.2. The molecule has 0 amide bonds. The zero-order valence-corrected chi connectivity index (χ0v) is 8.41. The fourth-order valence-electron chi connectivity index (χ4n) is 1.57. The van der Waals surface area contributed by atoms with Crippen LogP contribution in [0.1, 0.15) is 12.5 Å². The van der Waals surface area contributed by atoms with Crippen molar-refractivity contribution in [2.45, 2.75) is 12.5 Å². The summed E-state index contributed by atoms with van der Waals surface area (Å²) in [5.74, 6) is -0.194. The van der Waals surface area contributed by atoms with Gasteiger partial charge in [-0.3, -0.25) is 0 Å². The molecule has 0 fully saturated rings. The van der Waals surface area contributed by atoms with Crippen molar-refractivity contribution >= 4 is 10.1 Å². The van der Waals surface area contributed by atoms with Gasteiger partial charge in [0.25, 0.3) is 0 Å². The van der Waals surface area contributed by atoms with Crippen molar-refractivity contribution in [2.75, 3.05) is 5.75 Å². The lowest BCUT2D eigenvalue weighted by Gasteiger charge is -2.29. The largest absolute Gasteiger partial charge is 0.384 e. The number of hydrogen-bond acceptors (Lipinski definition) is 4. The highest BCUT2D eigenvalue weighted by Crippen LogP contribution is 2.36. The predicted molar refractivity (Wildman–Crippen MR) is 50.4 cm³/mol. The van der Waals surface area contributed by atoms with Crippen molar-refractivity contribution in [3.8, 4) is 5.75 Å². The predicted octanol–water partition coefficient (Wildman–Crippen LogP) is 0.616. The molecule has 0 radical (unpaired) electrons. The molecular weight excluding hydrogens is 204 g/mol. The van der Waals surface area contributed by atoms with E-state index in [0.717, 1.165) is 0 Å². The van der Waals surface area contributed by atoms with E-state index in [1.807, 2.05) is 0 Å². The standard InChI is InChI=1S/C9H10O4S/c1-9(10)6-14(11,12)13-8-5-3-2-4-7(8)9/h2-5,10H,6H2,1H3. The molecule has 1 aromatic carbocycles. The minimum Gasteiger partial charge on any atom is -0.384 e. The molecule has 1 atom stereocenters. The Morgan fingerprint density at radius 3 is 2.79 bits per heavy atom. The van der Waals surface area contributed by atoms with Crippen LogP contribution in [0.5, 0.6) is 5.75 Å². The highest BCUT2D eigenvalue weighted by molar-refractivity contribution is 7.87. The lowest BCUT2D eigenvalue weighted by molar-refractivity contribution is 0.0739. The zero-order chi connectivity index (χ0) is 10.4. The average Bonchev–Trinajstić information content (AvgIpc) is 2.00. The summed E-state index contributed by atoms with van der Waals surface area (Å²) in [7, 11) is -3.65. The summed E-state index contributed by atoms with van der Waals surface area (Å²) in [6, 6.07) is 6.58. The summed E-state index contributed by atoms with van der Waals surface area (Å²) >= 11 is 0. The number of rotatable bonds is 0. The molecule has 1 aliphatic heterocycles. The summed E-state index contributed by atoms with van der Waals surface area (Å²) in [4.78, 5) is 0. The molecule has 14 heavy (non-hydrogen) atoms. The minimum absolute atomic E-state index is 0.212. The maximum Gasteiger partial charge on any atom is 0.312 e. The summed E-state index contributed by atoms with van der Waals surface area (Å²) in [6.45, 7) is 1.46. The molecule has 1 aliphatic rings. The van der Waals surface area contributed by atoms with Crippen LogP contribution in [0.3, 0.4) is 0 Å². The van der Waals surface area contributed by atoms with Crippen molar-refractivity contribution < 1.29 is 17.7 Å². The molecule has 1 unspecified atom stereocenters. The third-order valence-electron chi connectivity index (χ3n) is 2.14. The van der Waals surface area contributed by atoms with Crippen LogP contribution in [-0.4, -0.2) is 19.3 Å². The molecule has 1 aromatic rings. The van der Waals surface area contributed by atoms with E-state index in [0.29, 0.717) is 5.56 Å². The van der Waals surface area contributed by atoms with Crippen molar-refractivity contribution in [2.24, 2.45) is 0 Å². The van der Waals surface area contributed by atoms with Gasteiger partial charge < -0.3 is 9.29 Å². The van der Waals surface area contributed by atoms with Gasteiger partial charge in [0.05, 0.1) is 0 Å². The third-order valence-corrected chi connectivity index (χ3v) is 3.49. The molecule has 5 heteroatoms. The Morgan fingerprint density at radius 2 is 2.07 bits per heavy atom. The molecule has 0 saturated carbocycles. The van der Waals surface area contributed by atoms with Crippen molar-refractivity contribution in [1.29, 1.82) is 0 Å². The van der Waals surface area contributed by atoms with Gasteiger partial charge in [0, 0.05) is 5.56 Å². The van der Waals surface area contributed by atoms with Gasteiger partial charge in [0.15, 0.2) is 0 Å².